The second-order valence-electron chi connectivity index (χ2n) is 15.9. The Kier molecular flexibility index (Phi) is 9.72. The number of nitrogens with zero attached hydrogens (tertiary/aromatic N) is 1. The molecule has 2 amide bonds. The van der Waals surface area contributed by atoms with Crippen molar-refractivity contribution in [1.29, 1.82) is 0 Å². The lowest BCUT2D eigenvalue weighted by molar-refractivity contribution is -0.129. The number of carbonyl (C=O) groups excluding carboxylic acids is 2. The summed E-state index contributed by atoms with van der Waals surface area (Å²) in [6.45, 7) is 15.3. The van der Waals surface area contributed by atoms with Crippen molar-refractivity contribution < 1.29 is 19.4 Å². The van der Waals surface area contributed by atoms with Crippen molar-refractivity contribution in [1.82, 2.24) is 10.2 Å². The first-order valence-electron chi connectivity index (χ1n) is 17.6. The molecule has 10 atom stereocenters. The van der Waals surface area contributed by atoms with Crippen LogP contribution in [0.15, 0.2) is 11.6 Å². The molecular weight excluding hydrogens is 524 g/mol. The number of ether oxygens (including phenoxy) is 1. The zero-order chi connectivity index (χ0) is 30.2. The number of carbonyl (C=O) groups is 2. The average molecular weight is 585 g/mol. The number of aliphatic hydroxyl groups is 1. The van der Waals surface area contributed by atoms with Gasteiger partial charge in [0.05, 0.1) is 6.10 Å². The summed E-state index contributed by atoms with van der Waals surface area (Å²) < 4.78 is 5.86. The number of alkyl carbamates (subject to hydrolysis) is 1. The van der Waals surface area contributed by atoms with Crippen LogP contribution < -0.4 is 5.32 Å². The van der Waals surface area contributed by atoms with E-state index in [0.29, 0.717) is 18.5 Å². The Balaban J connectivity index is 1.14. The number of fused-ring (bicyclic) bond motifs is 5. The fourth-order valence-corrected chi connectivity index (χ4v) is 10.7. The van der Waals surface area contributed by atoms with Gasteiger partial charge in [-0.3, -0.25) is 4.79 Å². The SMILES string of the molecule is CCC1CN(C(=O)CNC(=O)O[C@H]2CC[C@@]3(C)C(=CCC4C3CC[C@@]3(C)C4CC[C@@H]3[C@H](C)CCCC(C)C)C2)CC1O. The molecule has 42 heavy (non-hydrogen) atoms. The van der Waals surface area contributed by atoms with Crippen molar-refractivity contribution in [2.24, 2.45) is 52.3 Å². The van der Waals surface area contributed by atoms with E-state index in [1.165, 1.54) is 56.9 Å². The van der Waals surface area contributed by atoms with Crippen LogP contribution in [0.2, 0.25) is 0 Å². The van der Waals surface area contributed by atoms with Gasteiger partial charge in [-0.15, -0.1) is 0 Å². The van der Waals surface area contributed by atoms with Crippen LogP contribution in [0.1, 0.15) is 119 Å². The monoisotopic (exact) mass is 584 g/mol. The van der Waals surface area contributed by atoms with Gasteiger partial charge in [0.25, 0.3) is 0 Å². The van der Waals surface area contributed by atoms with Gasteiger partial charge < -0.3 is 20.1 Å². The molecule has 6 heteroatoms. The van der Waals surface area contributed by atoms with Crippen LogP contribution in [0, 0.1) is 52.3 Å². The summed E-state index contributed by atoms with van der Waals surface area (Å²) in [5, 5.41) is 12.8. The van der Waals surface area contributed by atoms with Gasteiger partial charge in [0.1, 0.15) is 12.6 Å². The van der Waals surface area contributed by atoms with Crippen LogP contribution >= 0.6 is 0 Å². The van der Waals surface area contributed by atoms with E-state index in [1.807, 2.05) is 6.92 Å². The summed E-state index contributed by atoms with van der Waals surface area (Å²) in [6, 6.07) is 0. The number of allylic oxidation sites excluding steroid dienone is 1. The molecule has 238 valence electrons. The van der Waals surface area contributed by atoms with Gasteiger partial charge in [-0.25, -0.2) is 4.79 Å². The largest absolute Gasteiger partial charge is 0.446 e. The molecule has 1 aliphatic heterocycles. The highest BCUT2D eigenvalue weighted by Crippen LogP contribution is 2.67. The van der Waals surface area contributed by atoms with Crippen LogP contribution in [-0.2, 0) is 9.53 Å². The number of rotatable bonds is 9. The molecule has 1 saturated heterocycles. The quantitative estimate of drug-likeness (QED) is 0.278. The topological polar surface area (TPSA) is 78.9 Å². The Bertz CT molecular complexity index is 1010. The molecule has 5 aliphatic rings. The van der Waals surface area contributed by atoms with E-state index in [9.17, 15) is 14.7 Å². The summed E-state index contributed by atoms with van der Waals surface area (Å²) in [5.74, 6) is 4.91. The lowest BCUT2D eigenvalue weighted by Crippen LogP contribution is -2.51. The van der Waals surface area contributed by atoms with Crippen molar-refractivity contribution in [3.8, 4) is 0 Å². The van der Waals surface area contributed by atoms with Crippen molar-refractivity contribution >= 4 is 12.0 Å². The molecular formula is C36H60N2O4. The third-order valence-corrected chi connectivity index (χ3v) is 13.2. The summed E-state index contributed by atoms with van der Waals surface area (Å²) in [7, 11) is 0. The van der Waals surface area contributed by atoms with E-state index >= 15 is 0 Å². The van der Waals surface area contributed by atoms with E-state index in [4.69, 9.17) is 4.74 Å². The van der Waals surface area contributed by atoms with E-state index in [-0.39, 0.29) is 29.9 Å². The maximum Gasteiger partial charge on any atom is 0.407 e. The van der Waals surface area contributed by atoms with E-state index in [1.54, 1.807) is 4.90 Å². The Morgan fingerprint density at radius 1 is 1.07 bits per heavy atom. The standard InChI is InChI=1S/C36H60N2O4/c1-7-25-21-38(22-32(25)39)33(40)20-37-34(41)42-27-15-17-35(5)26(19-27)11-12-28-30-14-13-29(24(4)10-8-9-23(2)3)36(30,6)18-16-31(28)35/h11,23-25,27-32,39H,7-10,12-22H2,1-6H3,(H,37,41)/t24-,25?,27+,28?,29-,30?,31?,32?,35+,36-/m1/s1. The van der Waals surface area contributed by atoms with E-state index < -0.39 is 12.2 Å². The first-order chi connectivity index (χ1) is 20.0. The smallest absolute Gasteiger partial charge is 0.407 e. The first kappa shape index (κ1) is 31.9. The Morgan fingerprint density at radius 2 is 1.86 bits per heavy atom. The maximum atomic E-state index is 12.7. The summed E-state index contributed by atoms with van der Waals surface area (Å²) >= 11 is 0. The van der Waals surface area contributed by atoms with Crippen molar-refractivity contribution in [3.05, 3.63) is 11.6 Å². The zero-order valence-electron chi connectivity index (χ0n) is 27.5. The second kappa shape index (κ2) is 12.8. The fraction of sp³-hybridized carbons (Fsp3) is 0.889. The van der Waals surface area contributed by atoms with Crippen molar-refractivity contribution in [3.63, 3.8) is 0 Å². The minimum Gasteiger partial charge on any atom is -0.446 e. The molecule has 3 saturated carbocycles. The molecule has 4 aliphatic carbocycles. The van der Waals surface area contributed by atoms with Crippen LogP contribution in [0.25, 0.3) is 0 Å². The second-order valence-corrected chi connectivity index (χ2v) is 15.9. The molecule has 2 N–H and O–H groups in total. The highest BCUT2D eigenvalue weighted by Gasteiger charge is 2.59. The molecule has 0 aromatic rings. The number of hydrogen-bond donors (Lipinski definition) is 2. The van der Waals surface area contributed by atoms with Crippen molar-refractivity contribution in [2.45, 2.75) is 131 Å². The first-order valence-corrected chi connectivity index (χ1v) is 17.6. The van der Waals surface area contributed by atoms with Gasteiger partial charge in [-0.05, 0) is 97.7 Å². The number of amides is 2. The maximum absolute atomic E-state index is 12.7. The molecule has 0 radical (unpaired) electrons. The van der Waals surface area contributed by atoms with Gasteiger partial charge in [0.2, 0.25) is 5.91 Å². The van der Waals surface area contributed by atoms with Gasteiger partial charge in [0, 0.05) is 25.4 Å². The van der Waals surface area contributed by atoms with Crippen molar-refractivity contribution in [2.75, 3.05) is 19.6 Å². The molecule has 1 heterocycles. The average Bonchev–Trinajstić information content (AvgIpc) is 3.51. The number of nitrogens with one attached hydrogen (secondary N) is 1. The fourth-order valence-electron chi connectivity index (χ4n) is 10.7. The van der Waals surface area contributed by atoms with Gasteiger partial charge in [-0.1, -0.05) is 72.5 Å². The van der Waals surface area contributed by atoms with Gasteiger partial charge in [0.15, 0.2) is 0 Å². The van der Waals surface area contributed by atoms with Crippen LogP contribution in [0.4, 0.5) is 4.79 Å². The predicted molar refractivity (Wildman–Crippen MR) is 168 cm³/mol. The zero-order valence-corrected chi connectivity index (χ0v) is 27.5. The lowest BCUT2D eigenvalue weighted by atomic mass is 9.47. The molecule has 6 nitrogen and oxygen atoms in total. The Morgan fingerprint density at radius 3 is 2.57 bits per heavy atom. The molecule has 5 rings (SSSR count). The number of aliphatic hydroxyl groups excluding tert-OH is 1. The number of β-amino-alcohol motifs (C(OH)–C–C–N with tert-alkyl or cyclic N) is 1. The third kappa shape index (κ3) is 6.17. The normalized spacial score (nSPS) is 40.1. The number of likely N-dealkylation sites (tertiary alicyclic amines) is 1. The van der Waals surface area contributed by atoms with Crippen LogP contribution in [0.3, 0.4) is 0 Å². The van der Waals surface area contributed by atoms with E-state index in [2.05, 4.69) is 46.0 Å². The van der Waals surface area contributed by atoms with Gasteiger partial charge >= 0.3 is 6.09 Å². The Hall–Kier alpha value is -1.56. The van der Waals surface area contributed by atoms with Gasteiger partial charge in [-0.2, -0.15) is 0 Å². The van der Waals surface area contributed by atoms with E-state index in [0.717, 1.165) is 61.2 Å². The predicted octanol–water partition coefficient (Wildman–Crippen LogP) is 7.35. The molecule has 0 aromatic heterocycles. The summed E-state index contributed by atoms with van der Waals surface area (Å²) in [6.07, 6.45) is 16.0. The molecule has 0 aromatic carbocycles. The molecule has 4 fully saturated rings. The third-order valence-electron chi connectivity index (χ3n) is 13.2. The van der Waals surface area contributed by atoms with Crippen LogP contribution in [0.5, 0.6) is 0 Å². The highest BCUT2D eigenvalue weighted by atomic mass is 16.6. The highest BCUT2D eigenvalue weighted by molar-refractivity contribution is 5.82. The molecule has 0 spiro atoms. The Labute approximate surface area is 255 Å². The summed E-state index contributed by atoms with van der Waals surface area (Å²) in [5.41, 5.74) is 2.24. The molecule has 5 unspecified atom stereocenters. The summed E-state index contributed by atoms with van der Waals surface area (Å²) in [4.78, 5) is 26.9. The lowest BCUT2D eigenvalue weighted by Gasteiger charge is -2.58. The van der Waals surface area contributed by atoms with Crippen LogP contribution in [-0.4, -0.2) is 53.8 Å². The minimum atomic E-state index is -0.494. The minimum absolute atomic E-state index is 0.0730. The molecule has 0 bridgehead atoms. The number of hydrogen-bond acceptors (Lipinski definition) is 4.